The first-order valence-corrected chi connectivity index (χ1v) is 7.48. The second kappa shape index (κ2) is 4.21. The van der Waals surface area contributed by atoms with Crippen molar-refractivity contribution in [2.45, 2.75) is 13.1 Å². The van der Waals surface area contributed by atoms with Crippen LogP contribution in [-0.4, -0.2) is 48.7 Å². The highest BCUT2D eigenvalue weighted by molar-refractivity contribution is 6.61. The number of hydrogen-bond acceptors (Lipinski definition) is 2. The van der Waals surface area contributed by atoms with Gasteiger partial charge in [-0.05, 0) is 21.1 Å². The molecule has 0 aromatic rings. The van der Waals surface area contributed by atoms with Gasteiger partial charge in [-0.25, -0.2) is 0 Å². The summed E-state index contributed by atoms with van der Waals surface area (Å²) in [7, 11) is 6.07. The molecule has 0 aliphatic rings. The smallest absolute Gasteiger partial charge is 0.165 e. The number of nitrogens with zero attached hydrogens (tertiary/aromatic N) is 2. The Morgan fingerprint density at radius 3 is 1.67 bits per heavy atom. The summed E-state index contributed by atoms with van der Waals surface area (Å²) < 4.78 is 4.91. The second-order valence-electron chi connectivity index (χ2n) is 3.07. The van der Waals surface area contributed by atoms with Crippen LogP contribution in [0, 0.1) is 0 Å². The van der Waals surface area contributed by atoms with E-state index < -0.39 is 8.96 Å². The van der Waals surface area contributed by atoms with Crippen LogP contribution in [0.5, 0.6) is 0 Å². The Morgan fingerprint density at radius 2 is 1.56 bits per heavy atom. The van der Waals surface area contributed by atoms with Gasteiger partial charge in [0.1, 0.15) is 0 Å². The third-order valence-corrected chi connectivity index (χ3v) is 6.84. The molecule has 0 spiro atoms. The van der Waals surface area contributed by atoms with Gasteiger partial charge in [-0.2, -0.15) is 0 Å². The van der Waals surface area contributed by atoms with E-state index >= 15 is 0 Å². The van der Waals surface area contributed by atoms with Crippen LogP contribution >= 0.6 is 0 Å². The third-order valence-electron chi connectivity index (χ3n) is 1.39. The molecular weight excluding hydrogens is 144 g/mol. The van der Waals surface area contributed by atoms with Crippen molar-refractivity contribution in [3.63, 3.8) is 0 Å². The third kappa shape index (κ3) is 4.83. The molecule has 0 fully saturated rings. The molecule has 0 radical (unpaired) electrons. The Labute approximate surface area is 62.5 Å². The summed E-state index contributed by atoms with van der Waals surface area (Å²) in [6.45, 7) is 4.74. The molecule has 0 rings (SSSR count). The van der Waals surface area contributed by atoms with Crippen molar-refractivity contribution in [2.24, 2.45) is 0 Å². The van der Waals surface area contributed by atoms with E-state index in [1.54, 1.807) is 0 Å². The van der Waals surface area contributed by atoms with Crippen molar-refractivity contribution in [2.75, 3.05) is 21.1 Å². The molecule has 56 valence electrons. The summed E-state index contributed by atoms with van der Waals surface area (Å²) in [4.78, 5) is 0. The van der Waals surface area contributed by atoms with E-state index in [0.29, 0.717) is 0 Å². The van der Waals surface area contributed by atoms with Crippen LogP contribution in [0.2, 0.25) is 13.1 Å². The monoisotopic (exact) mass is 162 g/mol. The van der Waals surface area contributed by atoms with Gasteiger partial charge >= 0.3 is 0 Å². The standard InChI is InChI=1S/C5H18N2Si2/c1-6(2)8-7(3)9(4)5/h9H,8H2,1-5H3. The molecule has 0 atom stereocenters. The lowest BCUT2D eigenvalue weighted by atomic mass is 11.3. The molecule has 0 aliphatic heterocycles. The quantitative estimate of drug-likeness (QED) is 0.515. The molecule has 0 saturated heterocycles. The van der Waals surface area contributed by atoms with Crippen LogP contribution < -0.4 is 0 Å². The Bertz CT molecular complexity index is 75.4. The SMILES string of the molecule is CN(C)[SiH2]N(C)[SiH](C)C. The molecule has 9 heavy (non-hydrogen) atoms. The van der Waals surface area contributed by atoms with Crippen molar-refractivity contribution in [1.82, 2.24) is 8.80 Å². The average molecular weight is 162 g/mol. The zero-order chi connectivity index (χ0) is 7.44. The molecule has 0 amide bonds. The van der Waals surface area contributed by atoms with Gasteiger partial charge < -0.3 is 8.80 Å². The van der Waals surface area contributed by atoms with E-state index in [4.69, 9.17) is 0 Å². The van der Waals surface area contributed by atoms with Crippen molar-refractivity contribution in [3.8, 4) is 0 Å². The van der Waals surface area contributed by atoms with Gasteiger partial charge in [0.25, 0.3) is 0 Å². The molecule has 2 nitrogen and oxygen atoms in total. The van der Waals surface area contributed by atoms with Gasteiger partial charge in [0.15, 0.2) is 9.84 Å². The lowest BCUT2D eigenvalue weighted by Gasteiger charge is -2.23. The fraction of sp³-hybridized carbons (Fsp3) is 1.00. The summed E-state index contributed by atoms with van der Waals surface area (Å²) in [5.41, 5.74) is 0. The molecule has 0 unspecified atom stereocenters. The molecule has 0 bridgehead atoms. The highest BCUT2D eigenvalue weighted by Crippen LogP contribution is 1.86. The zero-order valence-electron chi connectivity index (χ0n) is 7.18. The van der Waals surface area contributed by atoms with E-state index in [0.717, 1.165) is 0 Å². The molecule has 0 aromatic carbocycles. The average Bonchev–Trinajstić information content (AvgIpc) is 1.63. The zero-order valence-corrected chi connectivity index (χ0v) is 9.75. The summed E-state index contributed by atoms with van der Waals surface area (Å²) >= 11 is 0. The normalized spacial score (nSPS) is 13.3. The van der Waals surface area contributed by atoms with Gasteiger partial charge in [0.2, 0.25) is 0 Å². The lowest BCUT2D eigenvalue weighted by Crippen LogP contribution is -2.41. The predicted octanol–water partition coefficient (Wildman–Crippen LogP) is -0.538. The van der Waals surface area contributed by atoms with E-state index in [9.17, 15) is 0 Å². The van der Waals surface area contributed by atoms with Crippen molar-refractivity contribution in [1.29, 1.82) is 0 Å². The molecule has 0 aromatic heterocycles. The number of rotatable bonds is 3. The molecule has 0 N–H and O–H groups in total. The van der Waals surface area contributed by atoms with Crippen LogP contribution in [0.25, 0.3) is 0 Å². The summed E-state index contributed by atoms with van der Waals surface area (Å²) in [6, 6.07) is 0. The molecule has 0 saturated carbocycles. The van der Waals surface area contributed by atoms with Crippen LogP contribution in [-0.2, 0) is 0 Å². The van der Waals surface area contributed by atoms with E-state index in [1.165, 1.54) is 0 Å². The van der Waals surface area contributed by atoms with Crippen LogP contribution in [0.4, 0.5) is 0 Å². The van der Waals surface area contributed by atoms with Gasteiger partial charge in [0, 0.05) is 0 Å². The van der Waals surface area contributed by atoms with Crippen LogP contribution in [0.3, 0.4) is 0 Å². The summed E-state index contributed by atoms with van der Waals surface area (Å²) in [5.74, 6) is 0. The summed E-state index contributed by atoms with van der Waals surface area (Å²) in [5, 5.41) is 0. The predicted molar refractivity (Wildman–Crippen MR) is 48.9 cm³/mol. The Balaban J connectivity index is 3.38. The second-order valence-corrected chi connectivity index (χ2v) is 9.42. The Kier molecular flexibility index (Phi) is 4.38. The van der Waals surface area contributed by atoms with Crippen molar-refractivity contribution < 1.29 is 0 Å². The minimum absolute atomic E-state index is 0.0486. The first kappa shape index (κ1) is 9.35. The Hall–Kier alpha value is 0.354. The minimum Gasteiger partial charge on any atom is -0.344 e. The van der Waals surface area contributed by atoms with Gasteiger partial charge in [-0.3, -0.25) is 0 Å². The van der Waals surface area contributed by atoms with Crippen LogP contribution in [0.15, 0.2) is 0 Å². The van der Waals surface area contributed by atoms with Crippen molar-refractivity contribution in [3.05, 3.63) is 0 Å². The largest absolute Gasteiger partial charge is 0.344 e. The van der Waals surface area contributed by atoms with Gasteiger partial charge in [-0.1, -0.05) is 13.1 Å². The van der Waals surface area contributed by atoms with E-state index in [2.05, 4.69) is 43.0 Å². The maximum atomic E-state index is 2.57. The molecule has 0 heterocycles. The number of hydrogen-bond donors (Lipinski definition) is 0. The highest BCUT2D eigenvalue weighted by atomic mass is 28.3. The molecule has 0 aliphatic carbocycles. The molecule has 4 heteroatoms. The van der Waals surface area contributed by atoms with E-state index in [1.807, 2.05) is 0 Å². The molecular formula is C5H18N2Si2. The Morgan fingerprint density at radius 1 is 1.11 bits per heavy atom. The van der Waals surface area contributed by atoms with E-state index in [-0.39, 0.29) is 9.84 Å². The first-order valence-electron chi connectivity index (χ1n) is 3.39. The first-order chi connectivity index (χ1) is 4.04. The summed E-state index contributed by atoms with van der Waals surface area (Å²) in [6.07, 6.45) is 0. The fourth-order valence-corrected chi connectivity index (χ4v) is 3.79. The van der Waals surface area contributed by atoms with Crippen molar-refractivity contribution >= 4 is 18.8 Å². The fourth-order valence-electron chi connectivity index (χ4n) is 0.609. The lowest BCUT2D eigenvalue weighted by molar-refractivity contribution is 0.604. The highest BCUT2D eigenvalue weighted by Gasteiger charge is 2.04. The minimum atomic E-state index is -0.467. The topological polar surface area (TPSA) is 6.48 Å². The maximum absolute atomic E-state index is 2.57. The maximum Gasteiger partial charge on any atom is 0.165 e. The van der Waals surface area contributed by atoms with Gasteiger partial charge in [0.05, 0.1) is 8.96 Å². The van der Waals surface area contributed by atoms with Crippen LogP contribution in [0.1, 0.15) is 0 Å². The van der Waals surface area contributed by atoms with Gasteiger partial charge in [-0.15, -0.1) is 0 Å².